The number of carbonyl (C=O) groups is 1. The zero-order chi connectivity index (χ0) is 26.3. The molecule has 196 valence electrons. The number of aromatic nitrogens is 3. The third-order valence-electron chi connectivity index (χ3n) is 7.12. The van der Waals surface area contributed by atoms with Crippen molar-refractivity contribution >= 4 is 17.6 Å². The van der Waals surface area contributed by atoms with Crippen LogP contribution in [-0.2, 0) is 6.18 Å². The highest BCUT2D eigenvalue weighted by Crippen LogP contribution is 2.39. The fourth-order valence-corrected chi connectivity index (χ4v) is 5.33. The molecule has 7 nitrogen and oxygen atoms in total. The van der Waals surface area contributed by atoms with Gasteiger partial charge in [0.05, 0.1) is 30.3 Å². The zero-order valence-corrected chi connectivity index (χ0v) is 21.2. The molecule has 1 saturated heterocycles. The van der Waals surface area contributed by atoms with Crippen molar-refractivity contribution < 1.29 is 22.7 Å². The molecule has 0 aliphatic carbocycles. The second kappa shape index (κ2) is 9.89. The molecular weight excluding hydrogens is 507 g/mol. The number of nitrogens with one attached hydrogen (secondary N) is 1. The van der Waals surface area contributed by atoms with Crippen LogP contribution >= 0.6 is 11.6 Å². The number of fused-ring (bicyclic) bond motifs is 1. The van der Waals surface area contributed by atoms with Crippen LogP contribution in [0.5, 0.6) is 5.75 Å². The predicted molar refractivity (Wildman–Crippen MR) is 132 cm³/mol. The van der Waals surface area contributed by atoms with Crippen molar-refractivity contribution in [3.05, 3.63) is 75.8 Å². The zero-order valence-electron chi connectivity index (χ0n) is 20.4. The average molecular weight is 534 g/mol. The minimum Gasteiger partial charge on any atom is -0.493 e. The molecule has 2 aromatic carbocycles. The van der Waals surface area contributed by atoms with E-state index < -0.39 is 17.8 Å². The number of rotatable bonds is 4. The van der Waals surface area contributed by atoms with Crippen LogP contribution in [0.2, 0.25) is 5.02 Å². The molecular formula is C26H27ClF3N5O2. The van der Waals surface area contributed by atoms with Gasteiger partial charge in [-0.05, 0) is 56.5 Å². The highest BCUT2D eigenvalue weighted by molar-refractivity contribution is 6.30. The Morgan fingerprint density at radius 3 is 2.65 bits per heavy atom. The van der Waals surface area contributed by atoms with Gasteiger partial charge in [-0.25, -0.2) is 4.79 Å². The topological polar surface area (TPSA) is 72.3 Å². The van der Waals surface area contributed by atoms with Gasteiger partial charge in [-0.15, -0.1) is 10.2 Å². The molecule has 11 heteroatoms. The summed E-state index contributed by atoms with van der Waals surface area (Å²) in [5.74, 6) is 1.59. The molecule has 0 saturated carbocycles. The lowest BCUT2D eigenvalue weighted by atomic mass is 9.98. The summed E-state index contributed by atoms with van der Waals surface area (Å²) in [6.07, 6.45) is -2.46. The highest BCUT2D eigenvalue weighted by Gasteiger charge is 2.37. The number of likely N-dealkylation sites (tertiary alicyclic amines) is 1. The van der Waals surface area contributed by atoms with Crippen LogP contribution in [-0.4, -0.2) is 38.8 Å². The number of aryl methyl sites for hydroxylation is 1. The number of benzene rings is 2. The highest BCUT2D eigenvalue weighted by atomic mass is 35.5. The molecule has 3 aromatic rings. The van der Waals surface area contributed by atoms with Gasteiger partial charge >= 0.3 is 12.2 Å². The number of hydrogen-bond donors (Lipinski definition) is 1. The van der Waals surface area contributed by atoms with Crippen molar-refractivity contribution in [1.29, 1.82) is 0 Å². The van der Waals surface area contributed by atoms with Crippen molar-refractivity contribution in [2.45, 2.75) is 57.4 Å². The fourth-order valence-electron chi connectivity index (χ4n) is 5.21. The molecule has 5 rings (SSSR count). The van der Waals surface area contributed by atoms with Gasteiger partial charge in [0.1, 0.15) is 11.6 Å². The molecule has 2 amide bonds. The second-order valence-corrected chi connectivity index (χ2v) is 9.88. The first-order valence-electron chi connectivity index (χ1n) is 12.2. The third kappa shape index (κ3) is 4.99. The van der Waals surface area contributed by atoms with Gasteiger partial charge in [-0.3, -0.25) is 0 Å². The molecule has 0 bridgehead atoms. The summed E-state index contributed by atoms with van der Waals surface area (Å²) in [5.41, 5.74) is 0.806. The van der Waals surface area contributed by atoms with Crippen LogP contribution in [0, 0.1) is 6.92 Å². The van der Waals surface area contributed by atoms with Gasteiger partial charge in [-0.2, -0.15) is 13.2 Å². The van der Waals surface area contributed by atoms with E-state index in [1.807, 2.05) is 35.8 Å². The summed E-state index contributed by atoms with van der Waals surface area (Å²) in [5, 5.41) is 12.4. The molecule has 1 aromatic heterocycles. The Bertz CT molecular complexity index is 1290. The smallest absolute Gasteiger partial charge is 0.416 e. The minimum absolute atomic E-state index is 0.0713. The summed E-state index contributed by atoms with van der Waals surface area (Å²) >= 11 is 6.06. The van der Waals surface area contributed by atoms with Crippen LogP contribution in [0.4, 0.5) is 18.0 Å². The summed E-state index contributed by atoms with van der Waals surface area (Å²) in [4.78, 5) is 15.2. The van der Waals surface area contributed by atoms with Crippen molar-refractivity contribution in [3.63, 3.8) is 0 Å². The van der Waals surface area contributed by atoms with E-state index in [0.29, 0.717) is 29.4 Å². The van der Waals surface area contributed by atoms with E-state index in [4.69, 9.17) is 16.3 Å². The summed E-state index contributed by atoms with van der Waals surface area (Å²) in [6.45, 7) is 4.70. The number of alkyl halides is 3. The van der Waals surface area contributed by atoms with Crippen molar-refractivity contribution in [2.24, 2.45) is 0 Å². The second-order valence-electron chi connectivity index (χ2n) is 9.44. The van der Waals surface area contributed by atoms with E-state index in [-0.39, 0.29) is 30.5 Å². The Labute approximate surface area is 217 Å². The van der Waals surface area contributed by atoms with Crippen LogP contribution in [0.15, 0.2) is 42.5 Å². The summed E-state index contributed by atoms with van der Waals surface area (Å²) < 4.78 is 47.0. The molecule has 0 spiro atoms. The van der Waals surface area contributed by atoms with Gasteiger partial charge in [0.15, 0.2) is 5.82 Å². The maximum absolute atomic E-state index is 13.5. The fraction of sp³-hybridized carbons (Fsp3) is 0.423. The van der Waals surface area contributed by atoms with E-state index in [1.165, 1.54) is 6.07 Å². The third-order valence-corrected chi connectivity index (χ3v) is 7.37. The summed E-state index contributed by atoms with van der Waals surface area (Å²) in [6, 6.07) is 9.92. The number of ether oxygens (including phenoxy) is 1. The lowest BCUT2D eigenvalue weighted by molar-refractivity contribution is -0.137. The molecule has 1 fully saturated rings. The number of halogens is 4. The first-order chi connectivity index (χ1) is 17.6. The number of urea groups is 1. The Kier molecular flexibility index (Phi) is 6.78. The van der Waals surface area contributed by atoms with Gasteiger partial charge in [0.2, 0.25) is 0 Å². The first kappa shape index (κ1) is 25.4. The van der Waals surface area contributed by atoms with Crippen molar-refractivity contribution in [3.8, 4) is 5.75 Å². The molecule has 1 N–H and O–H groups in total. The molecule has 2 aliphatic heterocycles. The maximum Gasteiger partial charge on any atom is 0.416 e. The van der Waals surface area contributed by atoms with E-state index in [1.54, 1.807) is 4.90 Å². The normalized spacial score (nSPS) is 20.3. The van der Waals surface area contributed by atoms with Gasteiger partial charge in [0, 0.05) is 23.6 Å². The number of hydrogen-bond acceptors (Lipinski definition) is 4. The number of amides is 2. The van der Waals surface area contributed by atoms with Gasteiger partial charge in [-0.1, -0.05) is 29.8 Å². The number of nitrogens with zero attached hydrogens (tertiary/aromatic N) is 4. The summed E-state index contributed by atoms with van der Waals surface area (Å²) in [7, 11) is 0. The Hall–Kier alpha value is -3.27. The monoisotopic (exact) mass is 533 g/mol. The molecule has 0 unspecified atom stereocenters. The molecule has 3 atom stereocenters. The van der Waals surface area contributed by atoms with Gasteiger partial charge < -0.3 is 19.5 Å². The van der Waals surface area contributed by atoms with Crippen LogP contribution in [0.3, 0.4) is 0 Å². The minimum atomic E-state index is -4.46. The Balaban J connectivity index is 1.37. The van der Waals surface area contributed by atoms with Crippen LogP contribution in [0.1, 0.15) is 72.7 Å². The maximum atomic E-state index is 13.5. The Morgan fingerprint density at radius 2 is 1.92 bits per heavy atom. The van der Waals surface area contributed by atoms with Crippen molar-refractivity contribution in [1.82, 2.24) is 25.0 Å². The molecule has 37 heavy (non-hydrogen) atoms. The van der Waals surface area contributed by atoms with Gasteiger partial charge in [0.25, 0.3) is 0 Å². The van der Waals surface area contributed by atoms with Crippen LogP contribution in [0.25, 0.3) is 0 Å². The quantitative estimate of drug-likeness (QED) is 0.431. The van der Waals surface area contributed by atoms with E-state index in [0.717, 1.165) is 36.4 Å². The van der Waals surface area contributed by atoms with E-state index >= 15 is 0 Å². The Morgan fingerprint density at radius 1 is 1.16 bits per heavy atom. The van der Waals surface area contributed by atoms with Crippen LogP contribution < -0.4 is 10.1 Å². The standard InChI is InChI=1S/C26H27ClF3N5O2/c1-15(17-5-8-19(27)9-6-17)35-16(2)32-33-24(35)22-4-3-12-34(22)25(36)31-21-11-13-37-23-14-18(26(28,29)30)7-10-20(21)23/h5-10,14-15,21-22H,3-4,11-13H2,1-2H3,(H,31,36)/t15-,21+,22-/m1/s1. The molecule has 0 radical (unpaired) electrons. The predicted octanol–water partition coefficient (Wildman–Crippen LogP) is 6.24. The van der Waals surface area contributed by atoms with Crippen molar-refractivity contribution in [2.75, 3.05) is 13.2 Å². The lowest BCUT2D eigenvalue weighted by Crippen LogP contribution is -2.43. The lowest BCUT2D eigenvalue weighted by Gasteiger charge is -2.31. The largest absolute Gasteiger partial charge is 0.493 e. The average Bonchev–Trinajstić information content (AvgIpc) is 3.50. The molecule has 2 aliphatic rings. The van der Waals surface area contributed by atoms with E-state index in [9.17, 15) is 18.0 Å². The first-order valence-corrected chi connectivity index (χ1v) is 12.6. The SMILES string of the molecule is Cc1nnc([C@H]2CCCN2C(=O)N[C@H]2CCOc3cc(C(F)(F)F)ccc32)n1[C@H](C)c1ccc(Cl)cc1. The number of carbonyl (C=O) groups excluding carboxylic acids is 1. The molecule has 3 heterocycles. The van der Waals surface area contributed by atoms with E-state index in [2.05, 4.69) is 22.4 Å².